The van der Waals surface area contributed by atoms with Crippen molar-refractivity contribution in [3.05, 3.63) is 0 Å². The minimum absolute atomic E-state index is 0.150. The summed E-state index contributed by atoms with van der Waals surface area (Å²) in [5.74, 6) is 1.33. The number of hydrogen-bond acceptors (Lipinski definition) is 3. The minimum Gasteiger partial charge on any atom is -0.384 e. The second kappa shape index (κ2) is 6.53. The summed E-state index contributed by atoms with van der Waals surface area (Å²) in [4.78, 5) is 0. The zero-order valence-corrected chi connectivity index (χ0v) is 10.7. The van der Waals surface area contributed by atoms with Gasteiger partial charge in [-0.1, -0.05) is 20.8 Å². The summed E-state index contributed by atoms with van der Waals surface area (Å²) >= 11 is 0. The quantitative estimate of drug-likeness (QED) is 0.727. The third-order valence-corrected chi connectivity index (χ3v) is 3.59. The Kier molecular flexibility index (Phi) is 6.57. The van der Waals surface area contributed by atoms with E-state index in [1.807, 2.05) is 7.05 Å². The molecule has 0 aliphatic carbocycles. The molecule has 0 amide bonds. The summed E-state index contributed by atoms with van der Waals surface area (Å²) in [6.45, 7) is 7.04. The van der Waals surface area contributed by atoms with E-state index in [9.17, 15) is 4.21 Å². The van der Waals surface area contributed by atoms with Crippen LogP contribution in [-0.4, -0.2) is 42.5 Å². The first-order chi connectivity index (χ1) is 6.41. The van der Waals surface area contributed by atoms with Gasteiger partial charge in [0, 0.05) is 35.5 Å². The highest BCUT2D eigenvalue weighted by Gasteiger charge is 2.24. The summed E-state index contributed by atoms with van der Waals surface area (Å²) in [5, 5.41) is 3.22. The molecule has 14 heavy (non-hydrogen) atoms. The highest BCUT2D eigenvalue weighted by atomic mass is 32.2. The Morgan fingerprint density at radius 1 is 1.43 bits per heavy atom. The van der Waals surface area contributed by atoms with Crippen LogP contribution in [0.5, 0.6) is 0 Å². The Hall–Kier alpha value is 0.0700. The molecule has 0 saturated carbocycles. The van der Waals surface area contributed by atoms with E-state index in [0.29, 0.717) is 24.2 Å². The van der Waals surface area contributed by atoms with Crippen molar-refractivity contribution in [3.63, 3.8) is 0 Å². The van der Waals surface area contributed by atoms with Gasteiger partial charge in [0.2, 0.25) is 0 Å². The first-order valence-corrected chi connectivity index (χ1v) is 6.41. The molecule has 0 spiro atoms. The van der Waals surface area contributed by atoms with Gasteiger partial charge in [-0.2, -0.15) is 0 Å². The largest absolute Gasteiger partial charge is 0.384 e. The molecule has 0 bridgehead atoms. The standard InChI is InChI=1S/C10H23NO2S/c1-10(2,3)9(11-4)8-14(12)7-6-13-5/h9,11H,6-8H2,1-5H3. The molecule has 0 heterocycles. The number of methoxy groups -OCH3 is 1. The van der Waals surface area contributed by atoms with E-state index in [1.54, 1.807) is 7.11 Å². The van der Waals surface area contributed by atoms with Crippen LogP contribution in [0.25, 0.3) is 0 Å². The maximum absolute atomic E-state index is 11.6. The van der Waals surface area contributed by atoms with Crippen molar-refractivity contribution in [3.8, 4) is 0 Å². The normalized spacial score (nSPS) is 16.6. The zero-order valence-electron chi connectivity index (χ0n) is 9.92. The first kappa shape index (κ1) is 14.1. The molecule has 0 aliphatic rings. The summed E-state index contributed by atoms with van der Waals surface area (Å²) in [6, 6.07) is 0.292. The average Bonchev–Trinajstić information content (AvgIpc) is 2.08. The second-order valence-electron chi connectivity index (χ2n) is 4.51. The van der Waals surface area contributed by atoms with Crippen LogP contribution >= 0.6 is 0 Å². The Labute approximate surface area is 90.1 Å². The maximum atomic E-state index is 11.6. The molecule has 3 nitrogen and oxygen atoms in total. The van der Waals surface area contributed by atoms with Gasteiger partial charge in [0.1, 0.15) is 0 Å². The first-order valence-electron chi connectivity index (χ1n) is 4.93. The fourth-order valence-corrected chi connectivity index (χ4v) is 2.77. The predicted molar refractivity (Wildman–Crippen MR) is 62.1 cm³/mol. The van der Waals surface area contributed by atoms with Gasteiger partial charge >= 0.3 is 0 Å². The molecule has 0 aromatic rings. The van der Waals surface area contributed by atoms with E-state index < -0.39 is 10.8 Å². The lowest BCUT2D eigenvalue weighted by Crippen LogP contribution is -2.42. The van der Waals surface area contributed by atoms with Crippen molar-refractivity contribution in [2.24, 2.45) is 5.41 Å². The van der Waals surface area contributed by atoms with Gasteiger partial charge in [-0.15, -0.1) is 0 Å². The maximum Gasteiger partial charge on any atom is 0.0577 e. The molecule has 2 atom stereocenters. The van der Waals surface area contributed by atoms with E-state index >= 15 is 0 Å². The predicted octanol–water partition coefficient (Wildman–Crippen LogP) is 1.02. The van der Waals surface area contributed by atoms with Crippen molar-refractivity contribution in [1.82, 2.24) is 5.32 Å². The second-order valence-corrected chi connectivity index (χ2v) is 6.13. The number of nitrogens with one attached hydrogen (secondary N) is 1. The van der Waals surface area contributed by atoms with Gasteiger partial charge in [-0.05, 0) is 12.5 Å². The smallest absolute Gasteiger partial charge is 0.0577 e. The van der Waals surface area contributed by atoms with Gasteiger partial charge in [-0.3, -0.25) is 4.21 Å². The van der Waals surface area contributed by atoms with Gasteiger partial charge in [0.05, 0.1) is 6.61 Å². The monoisotopic (exact) mass is 221 g/mol. The molecule has 4 heteroatoms. The van der Waals surface area contributed by atoms with Crippen LogP contribution < -0.4 is 5.32 Å². The molecule has 2 unspecified atom stereocenters. The Morgan fingerprint density at radius 2 is 2.00 bits per heavy atom. The van der Waals surface area contributed by atoms with Crippen LogP contribution in [0, 0.1) is 5.41 Å². The van der Waals surface area contributed by atoms with Crippen LogP contribution in [-0.2, 0) is 15.5 Å². The Balaban J connectivity index is 4.00. The van der Waals surface area contributed by atoms with E-state index in [0.717, 1.165) is 0 Å². The van der Waals surface area contributed by atoms with Crippen LogP contribution in [0.1, 0.15) is 20.8 Å². The molecule has 0 aromatic heterocycles. The highest BCUT2D eigenvalue weighted by molar-refractivity contribution is 7.85. The van der Waals surface area contributed by atoms with Crippen molar-refractivity contribution < 1.29 is 8.95 Å². The summed E-state index contributed by atoms with van der Waals surface area (Å²) in [5.41, 5.74) is 0.150. The molecule has 86 valence electrons. The van der Waals surface area contributed by atoms with Crippen molar-refractivity contribution in [2.45, 2.75) is 26.8 Å². The molecule has 0 fully saturated rings. The zero-order chi connectivity index (χ0) is 11.2. The third kappa shape index (κ3) is 5.73. The van der Waals surface area contributed by atoms with E-state index in [4.69, 9.17) is 4.74 Å². The van der Waals surface area contributed by atoms with Gasteiger partial charge < -0.3 is 10.1 Å². The highest BCUT2D eigenvalue weighted by Crippen LogP contribution is 2.19. The van der Waals surface area contributed by atoms with E-state index in [1.165, 1.54) is 0 Å². The summed E-state index contributed by atoms with van der Waals surface area (Å²) in [7, 11) is 2.77. The molecule has 0 rings (SSSR count). The molecule has 1 N–H and O–H groups in total. The molecule has 0 saturated heterocycles. The van der Waals surface area contributed by atoms with Crippen LogP contribution in [0.2, 0.25) is 0 Å². The van der Waals surface area contributed by atoms with Crippen LogP contribution in [0.3, 0.4) is 0 Å². The number of ether oxygens (including phenoxy) is 1. The van der Waals surface area contributed by atoms with Gasteiger partial charge in [0.15, 0.2) is 0 Å². The number of hydrogen-bond donors (Lipinski definition) is 1. The molecular weight excluding hydrogens is 198 g/mol. The van der Waals surface area contributed by atoms with Gasteiger partial charge in [0.25, 0.3) is 0 Å². The van der Waals surface area contributed by atoms with E-state index in [-0.39, 0.29) is 5.41 Å². The average molecular weight is 221 g/mol. The Morgan fingerprint density at radius 3 is 2.36 bits per heavy atom. The van der Waals surface area contributed by atoms with Crippen molar-refractivity contribution in [2.75, 3.05) is 32.3 Å². The van der Waals surface area contributed by atoms with E-state index in [2.05, 4.69) is 26.1 Å². The SMILES string of the molecule is CNC(CS(=O)CCOC)C(C)(C)C. The van der Waals surface area contributed by atoms with Crippen LogP contribution in [0.15, 0.2) is 0 Å². The minimum atomic E-state index is -0.784. The fraction of sp³-hybridized carbons (Fsp3) is 1.00. The number of rotatable bonds is 6. The lowest BCUT2D eigenvalue weighted by atomic mass is 9.88. The summed E-state index contributed by atoms with van der Waals surface area (Å²) in [6.07, 6.45) is 0. The molecular formula is C10H23NO2S. The van der Waals surface area contributed by atoms with Crippen LogP contribution in [0.4, 0.5) is 0 Å². The van der Waals surface area contributed by atoms with Gasteiger partial charge in [-0.25, -0.2) is 0 Å². The lowest BCUT2D eigenvalue weighted by Gasteiger charge is -2.29. The van der Waals surface area contributed by atoms with Crippen molar-refractivity contribution in [1.29, 1.82) is 0 Å². The third-order valence-electron chi connectivity index (χ3n) is 2.26. The Bertz CT molecular complexity index is 177. The lowest BCUT2D eigenvalue weighted by molar-refractivity contribution is 0.217. The molecule has 0 radical (unpaired) electrons. The topological polar surface area (TPSA) is 38.3 Å². The molecule has 0 aliphatic heterocycles. The summed E-state index contributed by atoms with van der Waals surface area (Å²) < 4.78 is 16.5. The van der Waals surface area contributed by atoms with Crippen molar-refractivity contribution >= 4 is 10.8 Å². The molecule has 0 aromatic carbocycles. The fourth-order valence-electron chi connectivity index (χ4n) is 1.21.